The van der Waals surface area contributed by atoms with Gasteiger partial charge in [0.25, 0.3) is 11.8 Å². The van der Waals surface area contributed by atoms with Gasteiger partial charge < -0.3 is 28.7 Å². The Morgan fingerprint density at radius 3 is 2.48 bits per heavy atom. The van der Waals surface area contributed by atoms with Crippen molar-refractivity contribution in [2.45, 2.75) is 39.8 Å². The molecule has 4 aromatic rings. The van der Waals surface area contributed by atoms with Crippen molar-refractivity contribution in [1.82, 2.24) is 14.8 Å². The van der Waals surface area contributed by atoms with E-state index in [1.54, 1.807) is 20.3 Å². The fourth-order valence-corrected chi connectivity index (χ4v) is 4.54. The summed E-state index contributed by atoms with van der Waals surface area (Å²) in [5.74, 6) is 1.99. The van der Waals surface area contributed by atoms with Gasteiger partial charge in [-0.25, -0.2) is 0 Å². The average Bonchev–Trinajstić information content (AvgIpc) is 3.62. The number of carbonyl (C=O) groups is 2. The lowest BCUT2D eigenvalue weighted by atomic mass is 10.1. The van der Waals surface area contributed by atoms with Crippen molar-refractivity contribution < 1.29 is 23.5 Å². The number of aromatic nitrogens is 1. The van der Waals surface area contributed by atoms with Crippen molar-refractivity contribution in [3.63, 3.8) is 0 Å². The van der Waals surface area contributed by atoms with Gasteiger partial charge in [-0.2, -0.15) is 0 Å². The van der Waals surface area contributed by atoms with E-state index in [4.69, 9.17) is 13.9 Å². The number of benzene rings is 2. The zero-order valence-electron chi connectivity index (χ0n) is 23.6. The molecule has 0 aliphatic heterocycles. The molecule has 40 heavy (non-hydrogen) atoms. The summed E-state index contributed by atoms with van der Waals surface area (Å²) in [5, 5.41) is 2.91. The Balaban J connectivity index is 1.35. The van der Waals surface area contributed by atoms with Gasteiger partial charge in [0.15, 0.2) is 17.3 Å². The van der Waals surface area contributed by atoms with Crippen molar-refractivity contribution in [2.24, 2.45) is 0 Å². The Labute approximate surface area is 235 Å². The summed E-state index contributed by atoms with van der Waals surface area (Å²) >= 11 is 0. The smallest absolute Gasteiger partial charge is 0.287 e. The number of amides is 2. The van der Waals surface area contributed by atoms with Gasteiger partial charge in [-0.15, -0.1) is 0 Å². The van der Waals surface area contributed by atoms with Crippen LogP contribution in [-0.2, 0) is 19.5 Å². The van der Waals surface area contributed by atoms with Crippen LogP contribution in [0.3, 0.4) is 0 Å². The van der Waals surface area contributed by atoms with E-state index in [9.17, 15) is 9.59 Å². The average molecular weight is 544 g/mol. The van der Waals surface area contributed by atoms with Crippen molar-refractivity contribution in [3.8, 4) is 11.5 Å². The molecule has 2 aromatic heterocycles. The maximum atomic E-state index is 13.2. The predicted molar refractivity (Wildman–Crippen MR) is 154 cm³/mol. The lowest BCUT2D eigenvalue weighted by molar-refractivity contribution is 0.0739. The van der Waals surface area contributed by atoms with E-state index < -0.39 is 0 Å². The summed E-state index contributed by atoms with van der Waals surface area (Å²) in [6, 6.07) is 20.8. The highest BCUT2D eigenvalue weighted by molar-refractivity contribution is 5.94. The van der Waals surface area contributed by atoms with Crippen LogP contribution in [0.25, 0.3) is 0 Å². The summed E-state index contributed by atoms with van der Waals surface area (Å²) in [6.07, 6.45) is 3.46. The summed E-state index contributed by atoms with van der Waals surface area (Å²) < 4.78 is 18.5. The molecular formula is C32H37N3O5. The second kappa shape index (κ2) is 13.6. The zero-order chi connectivity index (χ0) is 28.5. The first-order chi connectivity index (χ1) is 19.4. The van der Waals surface area contributed by atoms with Crippen LogP contribution < -0.4 is 14.8 Å². The largest absolute Gasteiger partial charge is 0.493 e. The molecule has 1 N–H and O–H groups in total. The second-order valence-corrected chi connectivity index (χ2v) is 9.68. The monoisotopic (exact) mass is 543 g/mol. The van der Waals surface area contributed by atoms with Crippen molar-refractivity contribution in [3.05, 3.63) is 107 Å². The number of furan rings is 1. The van der Waals surface area contributed by atoms with E-state index in [1.807, 2.05) is 83.3 Å². The molecular weight excluding hydrogens is 506 g/mol. The van der Waals surface area contributed by atoms with Crippen LogP contribution >= 0.6 is 0 Å². The van der Waals surface area contributed by atoms with E-state index >= 15 is 0 Å². The highest BCUT2D eigenvalue weighted by Gasteiger charge is 2.18. The quantitative estimate of drug-likeness (QED) is 0.241. The standard InChI is InChI=1S/C32H37N3O5/c1-5-18-35(32(37)25-11-8-23(2)9-12-25)21-26-7-6-19-34(26)22-27-13-15-29(40-27)31(36)33-17-16-24-10-14-28(38-3)30(20-24)39-4/h6-15,19-20H,5,16-18,21-22H2,1-4H3,(H,33,36). The Kier molecular flexibility index (Phi) is 9.67. The molecule has 0 saturated carbocycles. The van der Waals surface area contributed by atoms with Gasteiger partial charge in [-0.1, -0.05) is 30.7 Å². The third-order valence-electron chi connectivity index (χ3n) is 6.71. The number of nitrogens with zero attached hydrogens (tertiary/aromatic N) is 2. The fraction of sp³-hybridized carbons (Fsp3) is 0.312. The van der Waals surface area contributed by atoms with Gasteiger partial charge in [-0.3, -0.25) is 9.59 Å². The Hall–Kier alpha value is -4.46. The molecule has 0 aliphatic carbocycles. The molecule has 8 nitrogen and oxygen atoms in total. The molecule has 4 rings (SSSR count). The van der Waals surface area contributed by atoms with E-state index in [1.165, 1.54) is 0 Å². The van der Waals surface area contributed by atoms with Gasteiger partial charge in [0.1, 0.15) is 5.76 Å². The summed E-state index contributed by atoms with van der Waals surface area (Å²) in [4.78, 5) is 27.8. The van der Waals surface area contributed by atoms with Crippen LogP contribution in [0.4, 0.5) is 0 Å². The Morgan fingerprint density at radius 2 is 1.75 bits per heavy atom. The summed E-state index contributed by atoms with van der Waals surface area (Å²) in [7, 11) is 3.20. The molecule has 2 aromatic carbocycles. The molecule has 0 aliphatic rings. The molecule has 0 fully saturated rings. The SMILES string of the molecule is CCCN(Cc1cccn1Cc1ccc(C(=O)NCCc2ccc(OC)c(OC)c2)o1)C(=O)c1ccc(C)cc1. The molecule has 0 atom stereocenters. The maximum absolute atomic E-state index is 13.2. The van der Waals surface area contributed by atoms with Gasteiger partial charge in [0.05, 0.1) is 27.3 Å². The number of hydrogen-bond donors (Lipinski definition) is 1. The van der Waals surface area contributed by atoms with Crippen molar-refractivity contribution >= 4 is 11.8 Å². The minimum atomic E-state index is -0.266. The number of methoxy groups -OCH3 is 2. The molecule has 0 unspecified atom stereocenters. The first-order valence-electron chi connectivity index (χ1n) is 13.5. The summed E-state index contributed by atoms with van der Waals surface area (Å²) in [6.45, 7) is 6.13. The molecule has 210 valence electrons. The predicted octanol–water partition coefficient (Wildman–Crippen LogP) is 5.48. The van der Waals surface area contributed by atoms with Gasteiger partial charge in [0, 0.05) is 30.5 Å². The first kappa shape index (κ1) is 28.5. The number of aryl methyl sites for hydroxylation is 1. The highest BCUT2D eigenvalue weighted by Crippen LogP contribution is 2.27. The van der Waals surface area contributed by atoms with E-state index in [0.717, 1.165) is 23.2 Å². The second-order valence-electron chi connectivity index (χ2n) is 9.68. The van der Waals surface area contributed by atoms with Crippen molar-refractivity contribution in [2.75, 3.05) is 27.3 Å². The number of rotatable bonds is 13. The van der Waals surface area contributed by atoms with Crippen LogP contribution in [0, 0.1) is 6.92 Å². The van der Waals surface area contributed by atoms with Gasteiger partial charge >= 0.3 is 0 Å². The van der Waals surface area contributed by atoms with Crippen LogP contribution in [0.15, 0.2) is 77.3 Å². The number of hydrogen-bond acceptors (Lipinski definition) is 5. The number of ether oxygens (including phenoxy) is 2. The lowest BCUT2D eigenvalue weighted by Gasteiger charge is -2.23. The fourth-order valence-electron chi connectivity index (χ4n) is 4.54. The Bertz CT molecular complexity index is 1420. The zero-order valence-corrected chi connectivity index (χ0v) is 23.6. The van der Waals surface area contributed by atoms with Crippen LogP contribution in [-0.4, -0.2) is 48.6 Å². The maximum Gasteiger partial charge on any atom is 0.287 e. The third kappa shape index (κ3) is 7.14. The Morgan fingerprint density at radius 1 is 0.975 bits per heavy atom. The van der Waals surface area contributed by atoms with Gasteiger partial charge in [0.2, 0.25) is 0 Å². The third-order valence-corrected chi connectivity index (χ3v) is 6.71. The van der Waals surface area contributed by atoms with Crippen molar-refractivity contribution in [1.29, 1.82) is 0 Å². The minimum absolute atomic E-state index is 0.0136. The topological polar surface area (TPSA) is 85.9 Å². The van der Waals surface area contributed by atoms with Crippen LogP contribution in [0.2, 0.25) is 0 Å². The highest BCUT2D eigenvalue weighted by atomic mass is 16.5. The minimum Gasteiger partial charge on any atom is -0.493 e. The molecule has 2 amide bonds. The first-order valence-corrected chi connectivity index (χ1v) is 13.5. The van der Waals surface area contributed by atoms with E-state index in [0.29, 0.717) is 55.4 Å². The molecule has 0 saturated heterocycles. The normalized spacial score (nSPS) is 10.8. The van der Waals surface area contributed by atoms with Gasteiger partial charge in [-0.05, 0) is 73.9 Å². The molecule has 2 heterocycles. The van der Waals surface area contributed by atoms with E-state index in [-0.39, 0.29) is 17.6 Å². The number of carbonyl (C=O) groups excluding carboxylic acids is 2. The van der Waals surface area contributed by atoms with Crippen LogP contribution in [0.5, 0.6) is 11.5 Å². The van der Waals surface area contributed by atoms with E-state index in [2.05, 4.69) is 12.2 Å². The summed E-state index contributed by atoms with van der Waals surface area (Å²) in [5.41, 5.74) is 3.82. The molecule has 0 bridgehead atoms. The van der Waals surface area contributed by atoms with Crippen LogP contribution in [0.1, 0.15) is 56.8 Å². The number of nitrogens with one attached hydrogen (secondary N) is 1. The molecule has 8 heteroatoms. The lowest BCUT2D eigenvalue weighted by Crippen LogP contribution is -2.32. The molecule has 0 radical (unpaired) electrons. The molecule has 0 spiro atoms.